The van der Waals surface area contributed by atoms with Gasteiger partial charge in [-0.25, -0.2) is 4.79 Å². The van der Waals surface area contributed by atoms with Gasteiger partial charge in [-0.2, -0.15) is 0 Å². The first-order valence-corrected chi connectivity index (χ1v) is 9.33. The molecule has 3 aliphatic heterocycles. The molecule has 0 unspecified atom stereocenters. The molecule has 3 fully saturated rings. The first-order chi connectivity index (χ1) is 11.8. The van der Waals surface area contributed by atoms with E-state index in [2.05, 4.69) is 0 Å². The van der Waals surface area contributed by atoms with Crippen LogP contribution in [0.3, 0.4) is 0 Å². The summed E-state index contributed by atoms with van der Waals surface area (Å²) in [4.78, 5) is 28.7. The van der Waals surface area contributed by atoms with Gasteiger partial charge in [0, 0.05) is 39.0 Å². The van der Waals surface area contributed by atoms with Gasteiger partial charge in [0.15, 0.2) is 5.79 Å². The molecule has 2 amide bonds. The maximum atomic E-state index is 12.9. The summed E-state index contributed by atoms with van der Waals surface area (Å²) >= 11 is 0. The number of ether oxygens (including phenoxy) is 3. The lowest BCUT2D eigenvalue weighted by Crippen LogP contribution is -2.52. The Balaban J connectivity index is 1.53. The van der Waals surface area contributed by atoms with Gasteiger partial charge in [-0.05, 0) is 33.6 Å². The largest absolute Gasteiger partial charge is 0.444 e. The molecule has 7 heteroatoms. The fraction of sp³-hybridized carbons (Fsp3) is 0.889. The second-order valence-corrected chi connectivity index (χ2v) is 8.20. The zero-order valence-electron chi connectivity index (χ0n) is 15.6. The van der Waals surface area contributed by atoms with E-state index in [4.69, 9.17) is 14.2 Å². The number of carbonyl (C=O) groups excluding carboxylic acids is 2. The van der Waals surface area contributed by atoms with E-state index in [0.29, 0.717) is 39.4 Å². The third-order valence-electron chi connectivity index (χ3n) is 5.07. The van der Waals surface area contributed by atoms with Gasteiger partial charge >= 0.3 is 6.09 Å². The van der Waals surface area contributed by atoms with Crippen molar-refractivity contribution in [2.75, 3.05) is 39.4 Å². The summed E-state index contributed by atoms with van der Waals surface area (Å²) in [7, 11) is 0. The van der Waals surface area contributed by atoms with Gasteiger partial charge in [-0.1, -0.05) is 0 Å². The molecule has 0 saturated carbocycles. The van der Waals surface area contributed by atoms with Crippen LogP contribution in [-0.2, 0) is 19.0 Å². The highest BCUT2D eigenvalue weighted by molar-refractivity contribution is 5.80. The normalized spacial score (nSPS) is 26.8. The molecule has 0 aromatic heterocycles. The Morgan fingerprint density at radius 1 is 1.04 bits per heavy atom. The molecule has 7 nitrogen and oxygen atoms in total. The third kappa shape index (κ3) is 4.44. The molecule has 142 valence electrons. The van der Waals surface area contributed by atoms with E-state index in [1.54, 1.807) is 4.90 Å². The van der Waals surface area contributed by atoms with Gasteiger partial charge in [0.05, 0.1) is 19.1 Å². The average Bonchev–Trinajstić information content (AvgIpc) is 3.02. The van der Waals surface area contributed by atoms with Gasteiger partial charge in [0.1, 0.15) is 5.60 Å². The van der Waals surface area contributed by atoms with Crippen LogP contribution < -0.4 is 0 Å². The number of piperidine rings is 2. The minimum Gasteiger partial charge on any atom is -0.444 e. The van der Waals surface area contributed by atoms with E-state index in [-0.39, 0.29) is 17.9 Å². The zero-order valence-corrected chi connectivity index (χ0v) is 15.6. The van der Waals surface area contributed by atoms with Gasteiger partial charge in [-0.3, -0.25) is 4.79 Å². The van der Waals surface area contributed by atoms with Gasteiger partial charge in [0.2, 0.25) is 5.91 Å². The van der Waals surface area contributed by atoms with E-state index in [9.17, 15) is 9.59 Å². The van der Waals surface area contributed by atoms with Crippen LogP contribution in [0, 0.1) is 5.92 Å². The van der Waals surface area contributed by atoms with E-state index < -0.39 is 11.4 Å². The molecule has 3 heterocycles. The Labute approximate surface area is 149 Å². The Kier molecular flexibility index (Phi) is 5.25. The fourth-order valence-corrected chi connectivity index (χ4v) is 3.78. The molecule has 0 N–H and O–H groups in total. The van der Waals surface area contributed by atoms with Crippen LogP contribution in [0.2, 0.25) is 0 Å². The summed E-state index contributed by atoms with van der Waals surface area (Å²) in [6, 6.07) is 0. The molecule has 0 radical (unpaired) electrons. The van der Waals surface area contributed by atoms with Crippen LogP contribution in [0.15, 0.2) is 0 Å². The van der Waals surface area contributed by atoms with Gasteiger partial charge in [0.25, 0.3) is 0 Å². The molecule has 3 saturated heterocycles. The molecular formula is C18H30N2O5. The van der Waals surface area contributed by atoms with Gasteiger partial charge in [-0.15, -0.1) is 0 Å². The molecule has 1 atom stereocenters. The highest BCUT2D eigenvalue weighted by Gasteiger charge is 2.42. The monoisotopic (exact) mass is 354 g/mol. The third-order valence-corrected chi connectivity index (χ3v) is 5.07. The molecule has 0 bridgehead atoms. The topological polar surface area (TPSA) is 68.3 Å². The first kappa shape index (κ1) is 18.5. The van der Waals surface area contributed by atoms with Crippen molar-refractivity contribution in [3.05, 3.63) is 0 Å². The van der Waals surface area contributed by atoms with Crippen molar-refractivity contribution in [2.45, 2.75) is 57.8 Å². The van der Waals surface area contributed by atoms with Crippen molar-refractivity contribution in [1.29, 1.82) is 0 Å². The molecule has 3 aliphatic rings. The molecule has 3 rings (SSSR count). The number of rotatable bonds is 1. The molecular weight excluding hydrogens is 324 g/mol. The van der Waals surface area contributed by atoms with Crippen molar-refractivity contribution in [3.63, 3.8) is 0 Å². The predicted octanol–water partition coefficient (Wildman–Crippen LogP) is 2.00. The Hall–Kier alpha value is -1.34. The zero-order chi connectivity index (χ0) is 18.1. The summed E-state index contributed by atoms with van der Waals surface area (Å²) in [6.45, 7) is 9.26. The van der Waals surface area contributed by atoms with Crippen molar-refractivity contribution in [3.8, 4) is 0 Å². The van der Waals surface area contributed by atoms with Gasteiger partial charge < -0.3 is 24.0 Å². The van der Waals surface area contributed by atoms with E-state index in [1.807, 2.05) is 25.7 Å². The summed E-state index contributed by atoms with van der Waals surface area (Å²) < 4.78 is 16.9. The summed E-state index contributed by atoms with van der Waals surface area (Å²) in [5, 5.41) is 0. The highest BCUT2D eigenvalue weighted by atomic mass is 16.7. The van der Waals surface area contributed by atoms with Crippen LogP contribution in [-0.4, -0.2) is 72.6 Å². The Morgan fingerprint density at radius 2 is 1.68 bits per heavy atom. The van der Waals surface area contributed by atoms with Crippen molar-refractivity contribution >= 4 is 12.0 Å². The lowest BCUT2D eigenvalue weighted by molar-refractivity contribution is -0.188. The number of hydrogen-bond donors (Lipinski definition) is 0. The number of hydrogen-bond acceptors (Lipinski definition) is 5. The van der Waals surface area contributed by atoms with Crippen LogP contribution in [0.1, 0.15) is 46.5 Å². The smallest absolute Gasteiger partial charge is 0.410 e. The second kappa shape index (κ2) is 7.11. The maximum absolute atomic E-state index is 12.9. The summed E-state index contributed by atoms with van der Waals surface area (Å²) in [6.07, 6.45) is 2.78. The molecule has 0 aliphatic carbocycles. The highest BCUT2D eigenvalue weighted by Crippen LogP contribution is 2.32. The van der Waals surface area contributed by atoms with Crippen LogP contribution >= 0.6 is 0 Å². The van der Waals surface area contributed by atoms with Crippen molar-refractivity contribution < 1.29 is 23.8 Å². The SMILES string of the molecule is CC(C)(C)OC(=O)N1CCC[C@@H](C(=O)N2CCC3(CC2)OCCO3)C1. The van der Waals surface area contributed by atoms with Crippen LogP contribution in [0.5, 0.6) is 0 Å². The standard InChI is InChI=1S/C18H30N2O5/c1-17(2,3)25-16(22)20-8-4-5-14(13-20)15(21)19-9-6-18(7-10-19)23-11-12-24-18/h14H,4-13H2,1-3H3/t14-/m1/s1. The molecule has 25 heavy (non-hydrogen) atoms. The Morgan fingerprint density at radius 3 is 2.28 bits per heavy atom. The maximum Gasteiger partial charge on any atom is 0.410 e. The lowest BCUT2D eigenvalue weighted by Gasteiger charge is -2.40. The second-order valence-electron chi connectivity index (χ2n) is 8.20. The van der Waals surface area contributed by atoms with E-state index in [1.165, 1.54) is 0 Å². The number of likely N-dealkylation sites (tertiary alicyclic amines) is 2. The van der Waals surface area contributed by atoms with Crippen LogP contribution in [0.25, 0.3) is 0 Å². The lowest BCUT2D eigenvalue weighted by atomic mass is 9.95. The minimum atomic E-state index is -0.517. The van der Waals surface area contributed by atoms with Crippen molar-refractivity contribution in [1.82, 2.24) is 9.80 Å². The Bertz CT molecular complexity index is 500. The average molecular weight is 354 g/mol. The van der Waals surface area contributed by atoms with E-state index >= 15 is 0 Å². The number of nitrogens with zero attached hydrogens (tertiary/aromatic N) is 2. The van der Waals surface area contributed by atoms with E-state index in [0.717, 1.165) is 25.7 Å². The fourth-order valence-electron chi connectivity index (χ4n) is 3.78. The number of carbonyl (C=O) groups is 2. The minimum absolute atomic E-state index is 0.138. The summed E-state index contributed by atoms with van der Waals surface area (Å²) in [5.74, 6) is -0.465. The molecule has 0 aromatic carbocycles. The summed E-state index contributed by atoms with van der Waals surface area (Å²) in [5.41, 5.74) is -0.517. The number of amides is 2. The van der Waals surface area contributed by atoms with Crippen LogP contribution in [0.4, 0.5) is 4.79 Å². The quantitative estimate of drug-likeness (QED) is 0.720. The predicted molar refractivity (Wildman–Crippen MR) is 91.0 cm³/mol. The first-order valence-electron chi connectivity index (χ1n) is 9.33. The van der Waals surface area contributed by atoms with Crippen molar-refractivity contribution in [2.24, 2.45) is 5.92 Å². The molecule has 0 aromatic rings. The molecule has 1 spiro atoms.